The Morgan fingerprint density at radius 3 is 2.79 bits per heavy atom. The number of fused-ring (bicyclic) bond motifs is 1. The number of carbonyl (C=O) groups is 3. The first-order valence-corrected chi connectivity index (χ1v) is 7.36. The molecule has 0 fully saturated rings. The molecule has 0 spiro atoms. The van der Waals surface area contributed by atoms with Crippen LogP contribution in [-0.4, -0.2) is 37.3 Å². The average molecular weight is 334 g/mol. The first-order valence-electron chi connectivity index (χ1n) is 7.36. The summed E-state index contributed by atoms with van der Waals surface area (Å²) in [5, 5.41) is 4.47. The molecular formula is C16H18N2O6. The third-order valence-corrected chi connectivity index (χ3v) is 3.04. The first kappa shape index (κ1) is 17.3. The monoisotopic (exact) mass is 334 g/mol. The van der Waals surface area contributed by atoms with Gasteiger partial charge in [-0.3, -0.25) is 10.1 Å². The van der Waals surface area contributed by atoms with E-state index in [2.05, 4.69) is 10.6 Å². The molecule has 1 aromatic rings. The van der Waals surface area contributed by atoms with Crippen molar-refractivity contribution in [3.8, 4) is 11.5 Å². The predicted molar refractivity (Wildman–Crippen MR) is 84.4 cm³/mol. The molecule has 1 aliphatic rings. The highest BCUT2D eigenvalue weighted by Crippen LogP contribution is 2.32. The molecule has 8 nitrogen and oxygen atoms in total. The summed E-state index contributed by atoms with van der Waals surface area (Å²) >= 11 is 0. The Morgan fingerprint density at radius 2 is 2.04 bits per heavy atom. The van der Waals surface area contributed by atoms with Gasteiger partial charge in [0, 0.05) is 12.6 Å². The van der Waals surface area contributed by atoms with Crippen molar-refractivity contribution < 1.29 is 28.6 Å². The highest BCUT2D eigenvalue weighted by Gasteiger charge is 2.18. The van der Waals surface area contributed by atoms with E-state index >= 15 is 0 Å². The van der Waals surface area contributed by atoms with Gasteiger partial charge in [0.25, 0.3) is 5.91 Å². The Hall–Kier alpha value is -3.03. The van der Waals surface area contributed by atoms with Crippen molar-refractivity contribution in [1.29, 1.82) is 0 Å². The summed E-state index contributed by atoms with van der Waals surface area (Å²) in [6.07, 6.45) is 1.62. The van der Waals surface area contributed by atoms with Crippen LogP contribution in [0.1, 0.15) is 19.4 Å². The summed E-state index contributed by atoms with van der Waals surface area (Å²) in [7, 11) is 0. The Morgan fingerprint density at radius 1 is 1.29 bits per heavy atom. The Kier molecular flexibility index (Phi) is 5.78. The number of rotatable bonds is 5. The van der Waals surface area contributed by atoms with Gasteiger partial charge in [0.05, 0.1) is 0 Å². The highest BCUT2D eigenvalue weighted by molar-refractivity contribution is 5.98. The third-order valence-electron chi connectivity index (χ3n) is 3.04. The number of nitrogens with one attached hydrogen (secondary N) is 2. The van der Waals surface area contributed by atoms with Crippen molar-refractivity contribution in [2.75, 3.05) is 13.3 Å². The van der Waals surface area contributed by atoms with E-state index in [1.54, 1.807) is 25.1 Å². The molecular weight excluding hydrogens is 316 g/mol. The first-order chi connectivity index (χ1) is 11.5. The van der Waals surface area contributed by atoms with Crippen LogP contribution in [0.5, 0.6) is 11.5 Å². The largest absolute Gasteiger partial charge is 0.454 e. The molecule has 1 unspecified atom stereocenters. The topological polar surface area (TPSA) is 103 Å². The standard InChI is InChI=1S/C16H18N2O6/c1-3-17-16(21)18-15(20)10(2)24-14(19)7-5-11-4-6-12-13(8-11)23-9-22-12/h4-8,10H,3,9H2,1-2H3,(H2,17,18,20,21)/b7-5+. The predicted octanol–water partition coefficient (Wildman–Crippen LogP) is 1.21. The molecule has 0 radical (unpaired) electrons. The summed E-state index contributed by atoms with van der Waals surface area (Å²) in [5.41, 5.74) is 0.718. The fourth-order valence-electron chi connectivity index (χ4n) is 1.87. The van der Waals surface area contributed by atoms with Crippen molar-refractivity contribution in [2.24, 2.45) is 0 Å². The van der Waals surface area contributed by atoms with E-state index in [-0.39, 0.29) is 6.79 Å². The number of urea groups is 1. The summed E-state index contributed by atoms with van der Waals surface area (Å²) in [4.78, 5) is 34.6. The van der Waals surface area contributed by atoms with Crippen LogP contribution < -0.4 is 20.1 Å². The Bertz CT molecular complexity index is 671. The van der Waals surface area contributed by atoms with E-state index in [9.17, 15) is 14.4 Å². The van der Waals surface area contributed by atoms with Gasteiger partial charge in [-0.1, -0.05) is 6.07 Å². The van der Waals surface area contributed by atoms with Crippen LogP contribution in [0.15, 0.2) is 24.3 Å². The highest BCUT2D eigenvalue weighted by atomic mass is 16.7. The lowest BCUT2D eigenvalue weighted by atomic mass is 10.2. The molecule has 1 atom stereocenters. The zero-order valence-electron chi connectivity index (χ0n) is 13.3. The molecule has 0 saturated heterocycles. The summed E-state index contributed by atoms with van der Waals surface area (Å²) in [6, 6.07) is 4.57. The van der Waals surface area contributed by atoms with E-state index in [1.165, 1.54) is 19.1 Å². The number of amides is 3. The van der Waals surface area contributed by atoms with Crippen LogP contribution in [-0.2, 0) is 14.3 Å². The van der Waals surface area contributed by atoms with E-state index in [0.29, 0.717) is 18.0 Å². The molecule has 0 aliphatic carbocycles. The van der Waals surface area contributed by atoms with Gasteiger partial charge in [-0.2, -0.15) is 0 Å². The van der Waals surface area contributed by atoms with Gasteiger partial charge in [-0.05, 0) is 37.6 Å². The van der Waals surface area contributed by atoms with Crippen molar-refractivity contribution in [3.05, 3.63) is 29.8 Å². The molecule has 1 aliphatic heterocycles. The van der Waals surface area contributed by atoms with Crippen molar-refractivity contribution in [3.63, 3.8) is 0 Å². The number of imide groups is 1. The van der Waals surface area contributed by atoms with E-state index in [0.717, 1.165) is 5.56 Å². The number of hydrogen-bond donors (Lipinski definition) is 2. The van der Waals surface area contributed by atoms with Gasteiger partial charge in [0.15, 0.2) is 17.6 Å². The molecule has 1 aromatic carbocycles. The maximum absolute atomic E-state index is 11.7. The van der Waals surface area contributed by atoms with Crippen LogP contribution in [0.25, 0.3) is 6.08 Å². The van der Waals surface area contributed by atoms with E-state index in [4.69, 9.17) is 14.2 Å². The number of hydrogen-bond acceptors (Lipinski definition) is 6. The maximum Gasteiger partial charge on any atom is 0.331 e. The molecule has 128 valence electrons. The fourth-order valence-corrected chi connectivity index (χ4v) is 1.87. The lowest BCUT2D eigenvalue weighted by molar-refractivity contribution is -0.149. The van der Waals surface area contributed by atoms with Crippen LogP contribution in [0, 0.1) is 0 Å². The molecule has 8 heteroatoms. The lowest BCUT2D eigenvalue weighted by Gasteiger charge is -2.11. The second kappa shape index (κ2) is 8.00. The van der Waals surface area contributed by atoms with Gasteiger partial charge < -0.3 is 19.5 Å². The van der Waals surface area contributed by atoms with Crippen LogP contribution in [0.2, 0.25) is 0 Å². The summed E-state index contributed by atoms with van der Waals surface area (Å²) in [6.45, 7) is 3.64. The van der Waals surface area contributed by atoms with Crippen molar-refractivity contribution in [2.45, 2.75) is 20.0 Å². The zero-order valence-corrected chi connectivity index (χ0v) is 13.3. The fraction of sp³-hybridized carbons (Fsp3) is 0.312. The number of ether oxygens (including phenoxy) is 3. The Labute approximate surface area is 138 Å². The smallest absolute Gasteiger partial charge is 0.331 e. The minimum atomic E-state index is -1.10. The van der Waals surface area contributed by atoms with Crippen LogP contribution >= 0.6 is 0 Å². The second-order valence-electron chi connectivity index (χ2n) is 4.87. The van der Waals surface area contributed by atoms with Gasteiger partial charge in [0.1, 0.15) is 0 Å². The number of esters is 1. The molecule has 2 N–H and O–H groups in total. The van der Waals surface area contributed by atoms with E-state index < -0.39 is 24.0 Å². The maximum atomic E-state index is 11.7. The molecule has 1 heterocycles. The zero-order chi connectivity index (χ0) is 17.5. The van der Waals surface area contributed by atoms with Crippen LogP contribution in [0.4, 0.5) is 4.79 Å². The normalized spacial score (nSPS) is 13.4. The lowest BCUT2D eigenvalue weighted by Crippen LogP contribution is -2.44. The minimum absolute atomic E-state index is 0.169. The number of benzene rings is 1. The SMILES string of the molecule is CCNC(=O)NC(=O)C(C)OC(=O)/C=C/c1ccc2c(c1)OCO2. The number of carbonyl (C=O) groups excluding carboxylic acids is 3. The van der Waals surface area contributed by atoms with Gasteiger partial charge in [-0.15, -0.1) is 0 Å². The summed E-state index contributed by atoms with van der Waals surface area (Å²) < 4.78 is 15.4. The van der Waals surface area contributed by atoms with Crippen LogP contribution in [0.3, 0.4) is 0 Å². The summed E-state index contributed by atoms with van der Waals surface area (Å²) in [5.74, 6) is -0.164. The molecule has 0 saturated carbocycles. The molecule has 0 bridgehead atoms. The van der Waals surface area contributed by atoms with Crippen molar-refractivity contribution >= 4 is 24.0 Å². The Balaban J connectivity index is 1.85. The molecule has 3 amide bonds. The van der Waals surface area contributed by atoms with Gasteiger partial charge >= 0.3 is 12.0 Å². The molecule has 24 heavy (non-hydrogen) atoms. The molecule has 0 aromatic heterocycles. The van der Waals surface area contributed by atoms with Gasteiger partial charge in [0.2, 0.25) is 6.79 Å². The minimum Gasteiger partial charge on any atom is -0.454 e. The van der Waals surface area contributed by atoms with Crippen molar-refractivity contribution in [1.82, 2.24) is 10.6 Å². The quantitative estimate of drug-likeness (QED) is 0.620. The van der Waals surface area contributed by atoms with E-state index in [1.807, 2.05) is 0 Å². The third kappa shape index (κ3) is 4.73. The second-order valence-corrected chi connectivity index (χ2v) is 4.87. The molecule has 2 rings (SSSR count). The average Bonchev–Trinajstić information content (AvgIpc) is 3.00. The van der Waals surface area contributed by atoms with Gasteiger partial charge in [-0.25, -0.2) is 9.59 Å².